The number of thioether (sulfide) groups is 1. The lowest BCUT2D eigenvalue weighted by molar-refractivity contribution is -0.873. The molecule has 3 rings (SSSR count). The first-order chi connectivity index (χ1) is 26.5. The van der Waals surface area contributed by atoms with Crippen LogP contribution in [-0.2, 0) is 46.2 Å². The number of phosphoric acid groups is 2. The van der Waals surface area contributed by atoms with Gasteiger partial charge in [-0.25, -0.2) is 27.7 Å². The Balaban J connectivity index is 1.44. The second-order valence-electron chi connectivity index (χ2n) is 14.7. The van der Waals surface area contributed by atoms with Crippen LogP contribution in [0.4, 0.5) is 0 Å². The molecule has 3 heterocycles. The molecule has 1 aliphatic rings. The van der Waals surface area contributed by atoms with Crippen molar-refractivity contribution in [3.63, 3.8) is 0 Å². The Labute approximate surface area is 335 Å². The quantitative estimate of drug-likeness (QED) is 0.0313. The molecular weight excluding hydrogens is 861 g/mol. The number of aromatic nitrogens is 4. The number of phosphoric ester groups is 2. The number of amides is 2. The zero-order valence-corrected chi connectivity index (χ0v) is 35.4. The van der Waals surface area contributed by atoms with Gasteiger partial charge in [-0.2, -0.15) is 0 Å². The summed E-state index contributed by atoms with van der Waals surface area (Å²) in [7, 11) is -10.8. The van der Waals surface area contributed by atoms with Crippen LogP contribution in [0.5, 0.6) is 0 Å². The molecule has 26 nitrogen and oxygen atoms in total. The minimum absolute atomic E-state index is 0.0353. The van der Waals surface area contributed by atoms with Crippen LogP contribution >= 0.6 is 35.2 Å². The van der Waals surface area contributed by atoms with E-state index in [1.54, 1.807) is 0 Å². The van der Waals surface area contributed by atoms with Gasteiger partial charge in [0, 0.05) is 37.1 Å². The topological polar surface area (TPSA) is 388 Å². The second kappa shape index (κ2) is 19.9. The molecule has 1 aliphatic heterocycles. The molecule has 0 saturated carbocycles. The first-order valence-electron chi connectivity index (χ1n) is 17.1. The van der Waals surface area contributed by atoms with Gasteiger partial charge in [0.15, 0.2) is 28.0 Å². The average Bonchev–Trinajstić information content (AvgIpc) is 3.63. The van der Waals surface area contributed by atoms with Crippen molar-refractivity contribution in [1.29, 1.82) is 5.41 Å². The van der Waals surface area contributed by atoms with Gasteiger partial charge < -0.3 is 64.4 Å². The zero-order valence-electron chi connectivity index (χ0n) is 31.9. The van der Waals surface area contributed by atoms with Gasteiger partial charge >= 0.3 is 15.6 Å². The number of nitrogens with one attached hydrogen (secondary N) is 3. The Hall–Kier alpha value is -2.52. The summed E-state index contributed by atoms with van der Waals surface area (Å²) in [6, 6.07) is 0. The number of carbonyl (C=O) groups is 3. The maximum absolute atomic E-state index is 12.5. The fraction of sp³-hybridized carbons (Fsp3) is 0.714. The molecule has 2 aromatic heterocycles. The van der Waals surface area contributed by atoms with Crippen molar-refractivity contribution in [2.24, 2.45) is 5.41 Å². The fourth-order valence-electron chi connectivity index (χ4n) is 5.26. The van der Waals surface area contributed by atoms with Crippen molar-refractivity contribution in [3.05, 3.63) is 18.1 Å². The maximum atomic E-state index is 12.5. The predicted molar refractivity (Wildman–Crippen MR) is 197 cm³/mol. The SMILES string of the molecule is CC(C)(COP(=O)([O-])OP(=O)(O)OC[C@H]1O[C@@H](n2cnc3c(=N)ncn(P(=O)(O)O)c32)[C@H](O)[C@@H]1O)[C@@H](O)C(=O)NCCC(=O)NCCSC(=O)C[C@@H](O)C[N+](C)(C)C. The van der Waals surface area contributed by atoms with Crippen molar-refractivity contribution in [2.75, 3.05) is 59.7 Å². The molecular formula is C28H49N8O18P3S. The molecule has 2 amide bonds. The van der Waals surface area contributed by atoms with Gasteiger partial charge in [0.25, 0.3) is 7.82 Å². The van der Waals surface area contributed by atoms with Crippen LogP contribution in [0, 0.1) is 10.8 Å². The molecule has 0 aliphatic carbocycles. The van der Waals surface area contributed by atoms with Crippen molar-refractivity contribution in [1.82, 2.24) is 29.5 Å². The zero-order chi connectivity index (χ0) is 44.0. The van der Waals surface area contributed by atoms with Crippen LogP contribution in [-0.4, -0.2) is 166 Å². The van der Waals surface area contributed by atoms with Crippen molar-refractivity contribution in [2.45, 2.75) is 63.4 Å². The number of aliphatic hydroxyl groups is 4. The molecule has 1 saturated heterocycles. The Kier molecular flexibility index (Phi) is 17.1. The molecule has 30 heteroatoms. The van der Waals surface area contributed by atoms with Crippen molar-refractivity contribution >= 4 is 63.2 Å². The van der Waals surface area contributed by atoms with E-state index in [-0.39, 0.29) is 42.3 Å². The number of aliphatic hydroxyl groups excluding tert-OH is 4. The molecule has 330 valence electrons. The number of hydrogen-bond acceptors (Lipinski definition) is 19. The van der Waals surface area contributed by atoms with E-state index in [1.165, 1.54) is 13.8 Å². The van der Waals surface area contributed by atoms with Gasteiger partial charge in [0.1, 0.15) is 43.4 Å². The summed E-state index contributed by atoms with van der Waals surface area (Å²) in [5, 5.41) is 54.2. The van der Waals surface area contributed by atoms with Crippen LogP contribution in [0.25, 0.3) is 11.2 Å². The van der Waals surface area contributed by atoms with E-state index in [4.69, 9.17) is 10.1 Å². The summed E-state index contributed by atoms with van der Waals surface area (Å²) in [4.78, 5) is 86.1. The lowest BCUT2D eigenvalue weighted by Crippen LogP contribution is -2.46. The van der Waals surface area contributed by atoms with Crippen molar-refractivity contribution in [3.8, 4) is 0 Å². The molecule has 1 fully saturated rings. The summed E-state index contributed by atoms with van der Waals surface area (Å²) < 4.78 is 57.6. The molecule has 0 spiro atoms. The third-order valence-corrected chi connectivity index (χ3v) is 12.4. The normalized spacial score (nSPS) is 22.2. The molecule has 0 radical (unpaired) electrons. The summed E-state index contributed by atoms with van der Waals surface area (Å²) in [6.07, 6.45) is -8.52. The maximum Gasteiger partial charge on any atom is 0.478 e. The number of ether oxygens (including phenoxy) is 1. The van der Waals surface area contributed by atoms with E-state index in [1.807, 2.05) is 21.1 Å². The van der Waals surface area contributed by atoms with E-state index in [9.17, 15) is 68.1 Å². The Morgan fingerprint density at radius 1 is 1.05 bits per heavy atom. The Morgan fingerprint density at radius 3 is 2.33 bits per heavy atom. The smallest absolute Gasteiger partial charge is 0.478 e. The molecule has 8 atom stereocenters. The van der Waals surface area contributed by atoms with Crippen LogP contribution in [0.15, 0.2) is 12.7 Å². The number of likely N-dealkylation sites (N-methyl/N-ethyl adjacent to an activating group) is 1. The van der Waals surface area contributed by atoms with E-state index in [2.05, 4.69) is 34.0 Å². The molecule has 0 bridgehead atoms. The summed E-state index contributed by atoms with van der Waals surface area (Å²) >= 11 is 0.953. The van der Waals surface area contributed by atoms with Gasteiger partial charge in [-0.3, -0.25) is 33.4 Å². The summed E-state index contributed by atoms with van der Waals surface area (Å²) in [5.74, 6) is -1.25. The molecule has 2 unspecified atom stereocenters. The third-order valence-electron chi connectivity index (χ3n) is 8.08. The lowest BCUT2D eigenvalue weighted by atomic mass is 9.87. The number of imidazole rings is 1. The van der Waals surface area contributed by atoms with E-state index in [0.29, 0.717) is 21.7 Å². The standard InChI is InChI=1S/C28H49N8O18P3S/c1-28(2,23(42)25(43)31-7-6-18(38)30-8-9-58-19(39)10-16(37)11-36(3,4)5)13-52-57(49,50)54-56(47,48)51-12-17-21(40)22(41)27(53-17)34-14-32-20-24(29)33-15-35(26(20)34)55(44,45)46/h14-17,21-23,27,29,37,40-42H,6-13H2,1-5H3,(H5-,30,31,38,43,44,45,46,47,48,49,50)/t16-,17-,21-,22-,23+,27-/m1/s1. The number of quaternary nitrogens is 1. The second-order valence-corrected chi connectivity index (χ2v) is 20.3. The van der Waals surface area contributed by atoms with E-state index < -0.39 is 102 Å². The van der Waals surface area contributed by atoms with Gasteiger partial charge in [-0.15, -0.1) is 0 Å². The molecule has 58 heavy (non-hydrogen) atoms. The number of nitrogens with zero attached hydrogens (tertiary/aromatic N) is 5. The minimum Gasteiger partial charge on any atom is -0.756 e. The fourth-order valence-corrected chi connectivity index (χ4v) is 8.85. The predicted octanol–water partition coefficient (Wildman–Crippen LogP) is -3.38. The Morgan fingerprint density at radius 2 is 1.71 bits per heavy atom. The van der Waals surface area contributed by atoms with Gasteiger partial charge in [0.2, 0.25) is 11.8 Å². The highest BCUT2D eigenvalue weighted by molar-refractivity contribution is 8.13. The minimum atomic E-state index is -5.73. The lowest BCUT2D eigenvalue weighted by Gasteiger charge is -2.32. The van der Waals surface area contributed by atoms with Crippen LogP contribution in [0.2, 0.25) is 0 Å². The first-order valence-corrected chi connectivity index (χ1v) is 22.6. The highest BCUT2D eigenvalue weighted by Crippen LogP contribution is 2.59. The Bertz CT molecular complexity index is 1990. The highest BCUT2D eigenvalue weighted by Gasteiger charge is 2.46. The van der Waals surface area contributed by atoms with Gasteiger partial charge in [0.05, 0.1) is 40.7 Å². The third kappa shape index (κ3) is 14.6. The molecule has 10 N–H and O–H groups in total. The van der Waals surface area contributed by atoms with E-state index >= 15 is 0 Å². The first kappa shape index (κ1) is 49.8. The molecule has 0 aromatic carbocycles. The monoisotopic (exact) mass is 910 g/mol. The summed E-state index contributed by atoms with van der Waals surface area (Å²) in [6.45, 7) is 0.658. The van der Waals surface area contributed by atoms with E-state index in [0.717, 1.165) is 22.7 Å². The highest BCUT2D eigenvalue weighted by atomic mass is 32.2. The number of rotatable bonds is 22. The van der Waals surface area contributed by atoms with Gasteiger partial charge in [-0.1, -0.05) is 25.6 Å². The number of fused-ring (bicyclic) bond motifs is 1. The largest absolute Gasteiger partial charge is 0.756 e. The van der Waals surface area contributed by atoms with Gasteiger partial charge in [-0.05, 0) is 0 Å². The number of hydrogen-bond donors (Lipinski definition) is 10. The van der Waals surface area contributed by atoms with Crippen molar-refractivity contribution < 1.29 is 90.7 Å². The average molecular weight is 911 g/mol. The molecule has 2 aromatic rings. The van der Waals surface area contributed by atoms with Crippen LogP contribution < -0.4 is 21.0 Å². The summed E-state index contributed by atoms with van der Waals surface area (Å²) in [5.41, 5.74) is -2.94. The number of carbonyl (C=O) groups excluding carboxylic acids is 3. The van der Waals surface area contributed by atoms with Crippen LogP contribution in [0.3, 0.4) is 0 Å². The van der Waals surface area contributed by atoms with Crippen LogP contribution in [0.1, 0.15) is 32.9 Å².